The predicted octanol–water partition coefficient (Wildman–Crippen LogP) is -3.68. The number of aromatic nitrogens is 2. The number of aliphatic hydroxyl groups excluding tert-OH is 2. The molecule has 1 aromatic heterocycles. The molecular weight excluding hydrogens is 402 g/mol. The molecule has 5 N–H and O–H groups in total. The van der Waals surface area contributed by atoms with Crippen LogP contribution in [0.4, 0.5) is 4.39 Å². The average Bonchev–Trinajstić information content (AvgIpc) is 2.79. The fraction of sp³-hybridized carbons (Fsp3) is 0.667. The number of nitrogens with one attached hydrogen (secondary N) is 1. The van der Waals surface area contributed by atoms with Crippen molar-refractivity contribution in [3.8, 4) is 0 Å². The van der Waals surface area contributed by atoms with E-state index in [0.717, 1.165) is 4.57 Å². The van der Waals surface area contributed by atoms with E-state index in [9.17, 15) is 19.8 Å². The topological polar surface area (TPSA) is 140 Å². The first kappa shape index (κ1) is 23.8. The minimum absolute atomic E-state index is 0.173. The first-order valence-corrected chi connectivity index (χ1v) is 9.56. The lowest BCUT2D eigenvalue weighted by atomic mass is 9.59. The van der Waals surface area contributed by atoms with Crippen LogP contribution in [0.25, 0.3) is 0 Å². The minimum Gasteiger partial charge on any atom is -0.471 e. The number of rotatable bonds is 5. The van der Waals surface area contributed by atoms with Crippen LogP contribution in [0.15, 0.2) is 11.0 Å². The molecule has 1 aromatic rings. The number of carbonyl (C=O) groups is 1. The Morgan fingerprint density at radius 3 is 2.55 bits per heavy atom. The minimum atomic E-state index is -3.05. The largest absolute Gasteiger partial charge is 0.471 e. The van der Waals surface area contributed by atoms with Crippen molar-refractivity contribution in [3.63, 3.8) is 0 Å². The predicted molar refractivity (Wildman–Crippen MR) is 113 cm³/mol. The van der Waals surface area contributed by atoms with Gasteiger partial charge in [0.2, 0.25) is 0 Å². The number of nitrogens with two attached hydrogens (primary N) is 1. The zero-order valence-electron chi connectivity index (χ0n) is 17.2. The smallest absolute Gasteiger partial charge is 0.328 e. The maximum Gasteiger partial charge on any atom is 0.328 e. The van der Waals surface area contributed by atoms with Gasteiger partial charge in [0.25, 0.3) is 5.85 Å². The summed E-state index contributed by atoms with van der Waals surface area (Å²) in [6, 6.07) is -1.02. The molecule has 0 aliphatic carbocycles. The lowest BCUT2D eigenvalue weighted by molar-refractivity contribution is -0.250. The third-order valence-electron chi connectivity index (χ3n) is 5.35. The number of alkyl halides is 1. The normalized spacial score (nSPS) is 31.0. The van der Waals surface area contributed by atoms with Gasteiger partial charge in [-0.25, -0.2) is 9.18 Å². The lowest BCUT2D eigenvalue weighted by Crippen LogP contribution is -2.62. The fourth-order valence-electron chi connectivity index (χ4n) is 3.15. The molecule has 2 heterocycles. The fourth-order valence-corrected chi connectivity index (χ4v) is 3.29. The quantitative estimate of drug-likeness (QED) is 0.214. The van der Waals surface area contributed by atoms with Crippen molar-refractivity contribution in [1.82, 2.24) is 9.55 Å². The summed E-state index contributed by atoms with van der Waals surface area (Å²) < 4.78 is 27.7. The molecule has 14 heteroatoms. The molecule has 1 fully saturated rings. The molecule has 2 rings (SSSR count). The van der Waals surface area contributed by atoms with E-state index in [0.29, 0.717) is 5.56 Å². The molecule has 1 aliphatic heterocycles. The number of aromatic amines is 1. The van der Waals surface area contributed by atoms with Crippen molar-refractivity contribution < 1.29 is 28.9 Å². The Balaban J connectivity index is 2.48. The van der Waals surface area contributed by atoms with E-state index in [-0.39, 0.29) is 10.6 Å². The Bertz CT molecular complexity index is 927. The van der Waals surface area contributed by atoms with Crippen LogP contribution in [0.5, 0.6) is 0 Å². The highest BCUT2D eigenvalue weighted by atomic mass is 32.1. The second-order valence-corrected chi connectivity index (χ2v) is 8.74. The number of esters is 1. The highest BCUT2D eigenvalue weighted by Gasteiger charge is 2.68. The maximum atomic E-state index is 16.0. The van der Waals surface area contributed by atoms with Gasteiger partial charge in [0.05, 0.1) is 0 Å². The second-order valence-electron chi connectivity index (χ2n) is 8.33. The van der Waals surface area contributed by atoms with E-state index >= 15 is 4.39 Å². The van der Waals surface area contributed by atoms with Crippen LogP contribution in [-0.4, -0.2) is 78.8 Å². The van der Waals surface area contributed by atoms with Crippen LogP contribution in [0.2, 0.25) is 0 Å². The van der Waals surface area contributed by atoms with E-state index < -0.39 is 46.8 Å². The van der Waals surface area contributed by atoms with E-state index in [1.54, 1.807) is 20.8 Å². The summed E-state index contributed by atoms with van der Waals surface area (Å²) >= 11 is 5.00. The monoisotopic (exact) mass is 427 g/mol. The van der Waals surface area contributed by atoms with Crippen molar-refractivity contribution in [1.29, 1.82) is 0 Å². The van der Waals surface area contributed by atoms with Crippen molar-refractivity contribution in [2.75, 3.05) is 0 Å². The molecule has 1 saturated heterocycles. The highest BCUT2D eigenvalue weighted by Crippen LogP contribution is 2.45. The molecule has 0 bridgehead atoms. The molecule has 5 atom stereocenters. The summed E-state index contributed by atoms with van der Waals surface area (Å²) in [6.07, 6.45) is -2.72. The van der Waals surface area contributed by atoms with Crippen molar-refractivity contribution in [2.24, 2.45) is 11.7 Å². The number of carbonyl (C=O) groups excluding carboxylic acids is 1. The van der Waals surface area contributed by atoms with Gasteiger partial charge in [0.15, 0.2) is 23.5 Å². The number of aryl methyl sites for hydroxylation is 1. The Morgan fingerprint density at radius 2 is 2.03 bits per heavy atom. The molecule has 0 saturated carbocycles. The van der Waals surface area contributed by atoms with Gasteiger partial charge in [0, 0.05) is 11.8 Å². The molecule has 0 unspecified atom stereocenters. The second kappa shape index (κ2) is 7.66. The van der Waals surface area contributed by atoms with Gasteiger partial charge >= 0.3 is 11.7 Å². The van der Waals surface area contributed by atoms with Crippen molar-refractivity contribution >= 4 is 41.7 Å². The zero-order chi connectivity index (χ0) is 22.5. The van der Waals surface area contributed by atoms with Gasteiger partial charge in [-0.05, 0) is 12.8 Å². The van der Waals surface area contributed by atoms with E-state index in [2.05, 4.69) is 4.98 Å². The molecule has 29 heavy (non-hydrogen) atoms. The van der Waals surface area contributed by atoms with E-state index in [1.807, 2.05) is 0 Å². The first-order chi connectivity index (χ1) is 13.1. The first-order valence-electron chi connectivity index (χ1n) is 9.15. The molecule has 0 radical (unpaired) electrons. The van der Waals surface area contributed by atoms with Crippen molar-refractivity contribution in [3.05, 3.63) is 26.9 Å². The third-order valence-corrected chi connectivity index (χ3v) is 5.77. The molecule has 9 nitrogen and oxygen atoms in total. The Hall–Kier alpha value is -1.47. The Morgan fingerprint density at radius 1 is 1.48 bits per heavy atom. The Labute approximate surface area is 175 Å². The number of ether oxygens (including phenoxy) is 2. The molecule has 158 valence electrons. The number of hydrogen-bond donors (Lipinski definition) is 4. The lowest BCUT2D eigenvalue weighted by Gasteiger charge is -2.40. The van der Waals surface area contributed by atoms with Gasteiger partial charge in [-0.1, -0.05) is 26.1 Å². The van der Waals surface area contributed by atoms with Crippen LogP contribution in [0.3, 0.4) is 0 Å². The number of H-pyrrole nitrogens is 1. The summed E-state index contributed by atoms with van der Waals surface area (Å²) in [4.78, 5) is 27.0. The standard InChI is InChI=1S/C15H25B3FN3O6S/c1-5(2)7(20)11(25)27-15(17,18)13(19)8(23)9(24)14(16,28-13)22-4-6(3)10(29)21-12(22)26/h4-5,7-9,23-24H,16-18,20H2,1-3H3,(H,21,26,29)/t7-,8-,9+,13-,14-/m0/s1. The molecule has 0 amide bonds. The van der Waals surface area contributed by atoms with E-state index in [1.165, 1.54) is 29.7 Å². The maximum absolute atomic E-state index is 16.0. The van der Waals surface area contributed by atoms with Gasteiger partial charge in [0.1, 0.15) is 33.9 Å². The van der Waals surface area contributed by atoms with E-state index in [4.69, 9.17) is 27.4 Å². The van der Waals surface area contributed by atoms with Crippen molar-refractivity contribution in [2.45, 2.75) is 55.9 Å². The average molecular weight is 427 g/mol. The summed E-state index contributed by atoms with van der Waals surface area (Å²) in [5.74, 6) is -4.21. The number of halogens is 1. The molecule has 1 aliphatic rings. The van der Waals surface area contributed by atoms with Gasteiger partial charge < -0.3 is 25.4 Å². The number of hydrogen-bond acceptors (Lipinski definition) is 8. The van der Waals surface area contributed by atoms with Gasteiger partial charge in [-0.3, -0.25) is 14.3 Å². The SMILES string of the molecule is BC(B)(OC(=O)[C@@H](N)C(C)C)[C@@]1(F)O[C@@](B)(n2cc(C)c(=S)[nH]c2=O)[C@H](O)[C@@H]1O. The van der Waals surface area contributed by atoms with Crippen LogP contribution in [0, 0.1) is 17.5 Å². The number of nitrogens with zero attached hydrogens (tertiary/aromatic N) is 1. The zero-order valence-corrected chi connectivity index (χ0v) is 18.0. The highest BCUT2D eigenvalue weighted by molar-refractivity contribution is 7.71. The summed E-state index contributed by atoms with van der Waals surface area (Å²) in [5, 5.41) is 19.1. The summed E-state index contributed by atoms with van der Waals surface area (Å²) in [6.45, 7) is 5.00. The summed E-state index contributed by atoms with van der Waals surface area (Å²) in [5.41, 5.74) is 3.44. The van der Waals surface area contributed by atoms with Gasteiger partial charge in [-0.2, -0.15) is 0 Å². The van der Waals surface area contributed by atoms with Crippen LogP contribution < -0.4 is 11.4 Å². The van der Waals surface area contributed by atoms with Crippen LogP contribution >= 0.6 is 12.2 Å². The van der Waals surface area contributed by atoms with Crippen LogP contribution in [0.1, 0.15) is 19.4 Å². The summed E-state index contributed by atoms with van der Waals surface area (Å²) in [7, 11) is 3.61. The Kier molecular flexibility index (Phi) is 6.29. The third kappa shape index (κ3) is 3.84. The molecule has 0 spiro atoms. The van der Waals surface area contributed by atoms with Crippen LogP contribution in [-0.2, 0) is 19.9 Å². The number of aliphatic hydroxyl groups is 2. The molecular formula is C15H25B3FN3O6S. The van der Waals surface area contributed by atoms with Gasteiger partial charge in [-0.15, -0.1) is 0 Å². The molecule has 0 aromatic carbocycles.